The van der Waals surface area contributed by atoms with Crippen LogP contribution in [0, 0.1) is 17.8 Å². The lowest BCUT2D eigenvalue weighted by molar-refractivity contribution is -0.139. The van der Waals surface area contributed by atoms with Gasteiger partial charge >= 0.3 is 0 Å². The van der Waals surface area contributed by atoms with Crippen LogP contribution in [-0.2, 0) is 9.53 Å². The number of carbonyl (C=O) groups excluding carboxylic acids is 1. The molecule has 5 aliphatic rings. The summed E-state index contributed by atoms with van der Waals surface area (Å²) in [5.74, 6) is 1.81. The first kappa shape index (κ1) is 24.0. The van der Waals surface area contributed by atoms with Crippen molar-refractivity contribution >= 4 is 31.9 Å². The summed E-state index contributed by atoms with van der Waals surface area (Å²) in [5, 5.41) is 10.7. The fourth-order valence-electron chi connectivity index (χ4n) is 6.42. The van der Waals surface area contributed by atoms with Crippen LogP contribution in [0.4, 0.5) is 0 Å². The van der Waals surface area contributed by atoms with Gasteiger partial charge < -0.3 is 9.64 Å². The van der Waals surface area contributed by atoms with Gasteiger partial charge in [-0.2, -0.15) is 5.10 Å². The quantitative estimate of drug-likeness (QED) is 0.602. The Morgan fingerprint density at radius 1 is 1.18 bits per heavy atom. The first-order valence-electron chi connectivity index (χ1n) is 13.6. The Morgan fingerprint density at radius 3 is 2.79 bits per heavy atom. The average Bonchev–Trinajstić information content (AvgIpc) is 3.28. The highest BCUT2D eigenvalue weighted by atomic mass is 16.5. The second-order valence-electron chi connectivity index (χ2n) is 10.9. The van der Waals surface area contributed by atoms with Gasteiger partial charge in [-0.15, -0.1) is 0 Å². The molecule has 1 N–H and O–H groups in total. The second kappa shape index (κ2) is 10.9. The molecule has 1 saturated carbocycles. The topological polar surface area (TPSA) is 81.9 Å². The fourth-order valence-corrected chi connectivity index (χ4v) is 6.42. The van der Waals surface area contributed by atoms with Crippen LogP contribution < -0.4 is 5.32 Å². The Hall–Kier alpha value is -1.74. The summed E-state index contributed by atoms with van der Waals surface area (Å²) in [7, 11) is 3.99. The molecule has 8 nitrogen and oxygen atoms in total. The lowest BCUT2D eigenvalue weighted by atomic mass is 9.83. The molecular weight excluding hydrogens is 427 g/mol. The molecule has 5 rings (SSSR count). The van der Waals surface area contributed by atoms with Crippen LogP contribution >= 0.6 is 0 Å². The van der Waals surface area contributed by atoms with Crippen molar-refractivity contribution in [3.05, 3.63) is 0 Å². The zero-order valence-electron chi connectivity index (χ0n) is 20.9. The van der Waals surface area contributed by atoms with E-state index < -0.39 is 0 Å². The fraction of sp³-hybridized carbons (Fsp3) is 0.840. The maximum Gasteiger partial charge on any atom is 0.225 e. The number of hydrazone groups is 1. The van der Waals surface area contributed by atoms with Gasteiger partial charge in [-0.05, 0) is 44.9 Å². The van der Waals surface area contributed by atoms with Gasteiger partial charge in [0.25, 0.3) is 0 Å². The molecule has 1 aliphatic carbocycles. The van der Waals surface area contributed by atoms with Crippen molar-refractivity contribution in [2.75, 3.05) is 33.3 Å². The molecule has 0 aromatic heterocycles. The zero-order chi connectivity index (χ0) is 23.5. The monoisotopic (exact) mass is 468 g/mol. The summed E-state index contributed by atoms with van der Waals surface area (Å²) in [6.45, 7) is 3.63. The van der Waals surface area contributed by atoms with Crippen LogP contribution in [0.1, 0.15) is 57.8 Å². The summed E-state index contributed by atoms with van der Waals surface area (Å²) < 4.78 is 5.55. The Morgan fingerprint density at radius 2 is 2.03 bits per heavy atom. The number of amides is 1. The Bertz CT molecular complexity index is 811. The Balaban J connectivity index is 1.18. The minimum Gasteiger partial charge on any atom is -0.381 e. The standard InChI is InChI=1S/C25H41BN6O2/c1-34-20-6-2-5-19(12-20)25(33)31-10-7-18(8-11-31)22-13-23(28-15-17-4-3-9-27-14-17)32-24(30-22)21(26)16-29-32/h14,16-21,23-24,28H,2-13,15,26H2,1H3. The first-order chi connectivity index (χ1) is 16.6. The van der Waals surface area contributed by atoms with E-state index in [1.54, 1.807) is 7.11 Å². The smallest absolute Gasteiger partial charge is 0.225 e. The van der Waals surface area contributed by atoms with Gasteiger partial charge in [-0.3, -0.25) is 25.1 Å². The molecule has 1 amide bonds. The van der Waals surface area contributed by atoms with Crippen LogP contribution in [0.3, 0.4) is 0 Å². The minimum atomic E-state index is 0.106. The van der Waals surface area contributed by atoms with Crippen LogP contribution in [0.15, 0.2) is 15.1 Å². The number of ether oxygens (including phenoxy) is 1. The van der Waals surface area contributed by atoms with E-state index in [0.717, 1.165) is 71.1 Å². The average molecular weight is 468 g/mol. The van der Waals surface area contributed by atoms with Crippen LogP contribution in [0.2, 0.25) is 5.82 Å². The third-order valence-corrected chi connectivity index (χ3v) is 8.58. The molecule has 0 spiro atoms. The molecule has 6 unspecified atom stereocenters. The molecule has 0 aromatic rings. The molecule has 34 heavy (non-hydrogen) atoms. The molecule has 0 bridgehead atoms. The van der Waals surface area contributed by atoms with Gasteiger partial charge in [0.15, 0.2) is 0 Å². The number of piperidine rings is 1. The highest BCUT2D eigenvalue weighted by Crippen LogP contribution is 2.34. The third-order valence-electron chi connectivity index (χ3n) is 8.58. The van der Waals surface area contributed by atoms with Crippen LogP contribution in [0.25, 0.3) is 0 Å². The normalized spacial score (nSPS) is 36.4. The van der Waals surface area contributed by atoms with E-state index in [0.29, 0.717) is 23.6 Å². The predicted octanol–water partition coefficient (Wildman–Crippen LogP) is 1.72. The highest BCUT2D eigenvalue weighted by Gasteiger charge is 2.40. The number of nitrogens with one attached hydrogen (secondary N) is 1. The lowest BCUT2D eigenvalue weighted by Gasteiger charge is -2.41. The number of likely N-dealkylation sites (tertiary alicyclic amines) is 1. The first-order valence-corrected chi connectivity index (χ1v) is 13.6. The van der Waals surface area contributed by atoms with Gasteiger partial charge in [0.05, 0.1) is 6.10 Å². The van der Waals surface area contributed by atoms with Gasteiger partial charge in [0.1, 0.15) is 20.2 Å². The molecule has 2 fully saturated rings. The largest absolute Gasteiger partial charge is 0.381 e. The van der Waals surface area contributed by atoms with Crippen molar-refractivity contribution in [1.82, 2.24) is 15.2 Å². The summed E-state index contributed by atoms with van der Waals surface area (Å²) in [5.41, 5.74) is 1.33. The predicted molar refractivity (Wildman–Crippen MR) is 138 cm³/mol. The molecule has 1 saturated heterocycles. The lowest BCUT2D eigenvalue weighted by Crippen LogP contribution is -2.53. The Labute approximate surface area is 205 Å². The van der Waals surface area contributed by atoms with Gasteiger partial charge in [0.2, 0.25) is 5.91 Å². The van der Waals surface area contributed by atoms with E-state index >= 15 is 0 Å². The van der Waals surface area contributed by atoms with Gasteiger partial charge in [0, 0.05) is 81.4 Å². The molecule has 0 aromatic carbocycles. The second-order valence-corrected chi connectivity index (χ2v) is 10.9. The van der Waals surface area contributed by atoms with Crippen LogP contribution in [-0.4, -0.2) is 93.5 Å². The van der Waals surface area contributed by atoms with Crippen molar-refractivity contribution in [3.8, 4) is 0 Å². The summed E-state index contributed by atoms with van der Waals surface area (Å²) >= 11 is 0. The highest BCUT2D eigenvalue weighted by molar-refractivity contribution is 6.21. The summed E-state index contributed by atoms with van der Waals surface area (Å²) in [6, 6.07) is 0. The number of hydrogen-bond donors (Lipinski definition) is 1. The van der Waals surface area contributed by atoms with E-state index in [4.69, 9.17) is 14.8 Å². The maximum atomic E-state index is 13.2. The van der Waals surface area contributed by atoms with E-state index in [1.165, 1.54) is 18.6 Å². The van der Waals surface area contributed by atoms with Crippen molar-refractivity contribution in [1.29, 1.82) is 0 Å². The molecule has 4 heterocycles. The molecule has 4 aliphatic heterocycles. The summed E-state index contributed by atoms with van der Waals surface area (Å²) in [4.78, 5) is 25.0. The third kappa shape index (κ3) is 5.25. The van der Waals surface area contributed by atoms with Crippen molar-refractivity contribution in [2.24, 2.45) is 32.8 Å². The zero-order valence-corrected chi connectivity index (χ0v) is 20.9. The maximum absolute atomic E-state index is 13.2. The van der Waals surface area contributed by atoms with Gasteiger partial charge in [-0.1, -0.05) is 6.42 Å². The number of aliphatic imine (C=N–C) groups is 2. The van der Waals surface area contributed by atoms with Crippen LogP contribution in [0.5, 0.6) is 0 Å². The van der Waals surface area contributed by atoms with E-state index in [1.807, 2.05) is 6.21 Å². The number of nitrogens with zero attached hydrogens (tertiary/aromatic N) is 5. The van der Waals surface area contributed by atoms with Crippen molar-refractivity contribution < 1.29 is 9.53 Å². The molecule has 6 atom stereocenters. The van der Waals surface area contributed by atoms with E-state index in [-0.39, 0.29) is 24.4 Å². The number of hydrogen-bond acceptors (Lipinski definition) is 7. The molecule has 0 radical (unpaired) electrons. The minimum absolute atomic E-state index is 0.106. The number of methoxy groups -OCH3 is 1. The molecule has 186 valence electrons. The number of rotatable bonds is 6. The summed E-state index contributed by atoms with van der Waals surface area (Å²) in [6.07, 6.45) is 14.2. The van der Waals surface area contributed by atoms with Crippen molar-refractivity contribution in [2.45, 2.75) is 82.0 Å². The number of carbonyl (C=O) groups is 1. The SMILES string of the molecule is BC1C=NN2C(NCC3C=NCCC3)CC(C3CCN(C(=O)C4CCCC(OC)C4)CC3)=NC12. The van der Waals surface area contributed by atoms with Crippen molar-refractivity contribution in [3.63, 3.8) is 0 Å². The Kier molecular flexibility index (Phi) is 7.69. The molecule has 9 heteroatoms. The van der Waals surface area contributed by atoms with Gasteiger partial charge in [-0.25, -0.2) is 0 Å². The number of fused-ring (bicyclic) bond motifs is 1. The van der Waals surface area contributed by atoms with E-state index in [9.17, 15) is 4.79 Å². The molecular formula is C25H41BN6O2. The van der Waals surface area contributed by atoms with E-state index in [2.05, 4.69) is 34.3 Å².